The smallest absolute Gasteiger partial charge is 0.166 e. The topological polar surface area (TPSA) is 81.7 Å². The molecule has 2 saturated heterocycles. The summed E-state index contributed by atoms with van der Waals surface area (Å²) in [6.07, 6.45) is -2.12. The van der Waals surface area contributed by atoms with Crippen LogP contribution in [0.25, 0.3) is 0 Å². The average molecular weight is 569 g/mol. The van der Waals surface area contributed by atoms with E-state index in [0.29, 0.717) is 11.5 Å². The Morgan fingerprint density at radius 1 is 0.775 bits per heavy atom. The first-order valence-corrected chi connectivity index (χ1v) is 14.5. The lowest BCUT2D eigenvalue weighted by Gasteiger charge is -2.41. The highest BCUT2D eigenvalue weighted by Crippen LogP contribution is 2.40. The Hall–Kier alpha value is -2.79. The summed E-state index contributed by atoms with van der Waals surface area (Å²) in [7, 11) is 1.73. The van der Waals surface area contributed by atoms with E-state index in [9.17, 15) is 4.21 Å². The number of fused-ring (bicyclic) bond motifs is 1. The van der Waals surface area contributed by atoms with Crippen molar-refractivity contribution in [2.45, 2.75) is 67.6 Å². The maximum Gasteiger partial charge on any atom is 0.166 e. The fraction of sp³-hybridized carbons (Fsp3) is 0.419. The van der Waals surface area contributed by atoms with E-state index in [-0.39, 0.29) is 13.2 Å². The highest BCUT2D eigenvalue weighted by atomic mass is 32.2. The van der Waals surface area contributed by atoms with Crippen LogP contribution in [-0.4, -0.2) is 60.7 Å². The fourth-order valence-corrected chi connectivity index (χ4v) is 6.35. The third kappa shape index (κ3) is 6.74. The number of methoxy groups -OCH3 is 2. The second-order valence-electron chi connectivity index (χ2n) is 10.2. The molecule has 6 atom stereocenters. The second kappa shape index (κ2) is 12.8. The third-order valence-corrected chi connectivity index (χ3v) is 8.47. The standard InChI is InChI=1S/C31H36O8S/c1-31(2)38-27-26(20-35-18-21-10-14-23(33-3)15-11-21)37-30(40(32)25-8-6-5-7-9-25)29(28(27)39-31)36-19-22-12-16-24(34-4)17-13-22/h5-17,26-30H,18-20H2,1-4H3/t26-,27+,28+,29-,30+,40?/m1/s1. The van der Waals surface area contributed by atoms with Crippen molar-refractivity contribution in [2.24, 2.45) is 0 Å². The maximum atomic E-state index is 13.9. The molecule has 9 heteroatoms. The molecule has 1 unspecified atom stereocenters. The second-order valence-corrected chi connectivity index (χ2v) is 11.7. The van der Waals surface area contributed by atoms with E-state index in [2.05, 4.69) is 0 Å². The van der Waals surface area contributed by atoms with Crippen LogP contribution in [0.15, 0.2) is 83.8 Å². The Bertz CT molecular complexity index is 1250. The quantitative estimate of drug-likeness (QED) is 0.325. The summed E-state index contributed by atoms with van der Waals surface area (Å²) in [6.45, 7) is 4.64. The zero-order valence-corrected chi connectivity index (χ0v) is 24.0. The normalized spacial score (nSPS) is 26.1. The van der Waals surface area contributed by atoms with Crippen LogP contribution < -0.4 is 9.47 Å². The highest BCUT2D eigenvalue weighted by molar-refractivity contribution is 7.85. The van der Waals surface area contributed by atoms with Crippen LogP contribution in [0.1, 0.15) is 25.0 Å². The molecule has 3 aromatic rings. The summed E-state index contributed by atoms with van der Waals surface area (Å²) in [5.74, 6) is 0.685. The predicted octanol–water partition coefficient (Wildman–Crippen LogP) is 4.86. The van der Waals surface area contributed by atoms with Gasteiger partial charge in [0.15, 0.2) is 11.2 Å². The summed E-state index contributed by atoms with van der Waals surface area (Å²) in [4.78, 5) is 0.653. The lowest BCUT2D eigenvalue weighted by atomic mass is 10.00. The van der Waals surface area contributed by atoms with Gasteiger partial charge >= 0.3 is 0 Å². The van der Waals surface area contributed by atoms with Crippen LogP contribution in [0, 0.1) is 0 Å². The van der Waals surface area contributed by atoms with Gasteiger partial charge in [-0.3, -0.25) is 4.21 Å². The van der Waals surface area contributed by atoms with Gasteiger partial charge in [0.05, 0.1) is 44.8 Å². The van der Waals surface area contributed by atoms with Gasteiger partial charge in [-0.2, -0.15) is 0 Å². The van der Waals surface area contributed by atoms with Crippen molar-refractivity contribution in [1.29, 1.82) is 0 Å². The van der Waals surface area contributed by atoms with E-state index >= 15 is 0 Å². The fourth-order valence-electron chi connectivity index (χ4n) is 4.94. The average Bonchev–Trinajstić information content (AvgIpc) is 3.32. The summed E-state index contributed by atoms with van der Waals surface area (Å²) >= 11 is 0. The Balaban J connectivity index is 1.36. The van der Waals surface area contributed by atoms with Crippen LogP contribution in [0.5, 0.6) is 11.5 Å². The Morgan fingerprint density at radius 3 is 1.95 bits per heavy atom. The van der Waals surface area contributed by atoms with Crippen molar-refractivity contribution in [3.8, 4) is 11.5 Å². The summed E-state index contributed by atoms with van der Waals surface area (Å²) in [5.41, 5.74) is 1.15. The lowest BCUT2D eigenvalue weighted by Crippen LogP contribution is -2.59. The monoisotopic (exact) mass is 568 g/mol. The number of rotatable bonds is 11. The van der Waals surface area contributed by atoms with Crippen molar-refractivity contribution in [3.05, 3.63) is 90.0 Å². The zero-order chi connectivity index (χ0) is 28.1. The van der Waals surface area contributed by atoms with Crippen molar-refractivity contribution in [2.75, 3.05) is 20.8 Å². The van der Waals surface area contributed by atoms with Gasteiger partial charge in [0, 0.05) is 4.90 Å². The van der Waals surface area contributed by atoms with Crippen LogP contribution >= 0.6 is 0 Å². The first kappa shape index (κ1) is 28.7. The van der Waals surface area contributed by atoms with Gasteiger partial charge in [-0.1, -0.05) is 42.5 Å². The van der Waals surface area contributed by atoms with Crippen molar-refractivity contribution >= 4 is 10.8 Å². The van der Waals surface area contributed by atoms with E-state index in [1.807, 2.05) is 92.7 Å². The molecule has 40 heavy (non-hydrogen) atoms. The molecule has 214 valence electrons. The Morgan fingerprint density at radius 2 is 1.35 bits per heavy atom. The van der Waals surface area contributed by atoms with Gasteiger partial charge < -0.3 is 33.2 Å². The molecular weight excluding hydrogens is 532 g/mol. The van der Waals surface area contributed by atoms with Crippen molar-refractivity contribution in [3.63, 3.8) is 0 Å². The number of hydrogen-bond donors (Lipinski definition) is 0. The van der Waals surface area contributed by atoms with Crippen LogP contribution in [0.4, 0.5) is 0 Å². The molecule has 0 aromatic heterocycles. The zero-order valence-electron chi connectivity index (χ0n) is 23.2. The van der Waals surface area contributed by atoms with Crippen LogP contribution in [0.3, 0.4) is 0 Å². The van der Waals surface area contributed by atoms with Crippen LogP contribution in [-0.2, 0) is 47.7 Å². The molecule has 2 fully saturated rings. The molecule has 2 heterocycles. The number of hydrogen-bond acceptors (Lipinski definition) is 8. The van der Waals surface area contributed by atoms with Gasteiger partial charge in [0.25, 0.3) is 0 Å². The Labute approximate surface area is 237 Å². The SMILES string of the molecule is COc1ccc(COC[C@H]2O[C@@H](S(=O)c3ccccc3)[C@H](OCc3ccc(OC)cc3)[C@H]3OC(C)(C)O[C@H]32)cc1. The number of benzene rings is 3. The van der Waals surface area contributed by atoms with Gasteiger partial charge in [0.1, 0.15) is 35.9 Å². The summed E-state index contributed by atoms with van der Waals surface area (Å²) < 4.78 is 56.1. The van der Waals surface area contributed by atoms with E-state index < -0.39 is 46.4 Å². The van der Waals surface area contributed by atoms with Gasteiger partial charge in [-0.05, 0) is 61.4 Å². The maximum absolute atomic E-state index is 13.9. The predicted molar refractivity (Wildman–Crippen MR) is 150 cm³/mol. The van der Waals surface area contributed by atoms with E-state index in [1.165, 1.54) is 0 Å². The van der Waals surface area contributed by atoms with Gasteiger partial charge in [-0.25, -0.2) is 0 Å². The van der Waals surface area contributed by atoms with Crippen LogP contribution in [0.2, 0.25) is 0 Å². The lowest BCUT2D eigenvalue weighted by molar-refractivity contribution is -0.193. The molecule has 8 nitrogen and oxygen atoms in total. The molecule has 2 aliphatic rings. The molecule has 0 spiro atoms. The molecule has 0 aliphatic carbocycles. The molecular formula is C31H36O8S. The first-order chi connectivity index (χ1) is 19.4. The van der Waals surface area contributed by atoms with Crippen molar-refractivity contribution in [1.82, 2.24) is 0 Å². The first-order valence-electron chi connectivity index (χ1n) is 13.3. The molecule has 5 rings (SSSR count). The van der Waals surface area contributed by atoms with Gasteiger partial charge in [-0.15, -0.1) is 0 Å². The molecule has 3 aromatic carbocycles. The minimum Gasteiger partial charge on any atom is -0.497 e. The highest BCUT2D eigenvalue weighted by Gasteiger charge is 2.57. The molecule has 0 amide bonds. The summed E-state index contributed by atoms with van der Waals surface area (Å²) in [6, 6.07) is 24.6. The van der Waals surface area contributed by atoms with E-state index in [0.717, 1.165) is 22.6 Å². The van der Waals surface area contributed by atoms with Crippen molar-refractivity contribution < 1.29 is 37.4 Å². The largest absolute Gasteiger partial charge is 0.497 e. The molecule has 0 saturated carbocycles. The van der Waals surface area contributed by atoms with Gasteiger partial charge in [0.2, 0.25) is 0 Å². The minimum atomic E-state index is -1.54. The number of ether oxygens (including phenoxy) is 7. The molecule has 0 radical (unpaired) electrons. The minimum absolute atomic E-state index is 0.236. The Kier molecular flexibility index (Phi) is 9.20. The molecule has 2 aliphatic heterocycles. The summed E-state index contributed by atoms with van der Waals surface area (Å²) in [5, 5.41) is 0. The van der Waals surface area contributed by atoms with E-state index in [1.54, 1.807) is 14.2 Å². The third-order valence-electron chi connectivity index (χ3n) is 6.93. The molecule has 0 bridgehead atoms. The van der Waals surface area contributed by atoms with E-state index in [4.69, 9.17) is 33.2 Å². The molecule has 0 N–H and O–H groups in total.